The zero-order chi connectivity index (χ0) is 20.2. The van der Waals surface area contributed by atoms with E-state index in [0.29, 0.717) is 41.0 Å². The number of thiophene rings is 1. The van der Waals surface area contributed by atoms with Gasteiger partial charge in [-0.1, -0.05) is 35.9 Å². The molecule has 4 aromatic rings. The summed E-state index contributed by atoms with van der Waals surface area (Å²) < 4.78 is 6.82. The molecule has 2 aromatic heterocycles. The molecule has 0 unspecified atom stereocenters. The van der Waals surface area contributed by atoms with Crippen LogP contribution in [0.25, 0.3) is 10.1 Å². The van der Waals surface area contributed by atoms with E-state index < -0.39 is 0 Å². The van der Waals surface area contributed by atoms with Crippen molar-refractivity contribution >= 4 is 38.9 Å². The standard InChI is InChI=1S/C21H17ClN4O2S/c22-20-16-6-1-2-7-17(16)29-18(20)11-24-21(27)13-4-3-5-15(8-13)28-19-9-14(10-23)25-12-26-19/h1-9,12H,10-11,23H2,(H,24,27). The Morgan fingerprint density at radius 2 is 2.00 bits per heavy atom. The van der Waals surface area contributed by atoms with Gasteiger partial charge in [0.1, 0.15) is 12.1 Å². The minimum absolute atomic E-state index is 0.214. The quantitative estimate of drug-likeness (QED) is 0.474. The molecule has 0 radical (unpaired) electrons. The normalized spacial score (nSPS) is 10.8. The smallest absolute Gasteiger partial charge is 0.251 e. The van der Waals surface area contributed by atoms with Crippen molar-refractivity contribution in [2.45, 2.75) is 13.1 Å². The Balaban J connectivity index is 1.46. The van der Waals surface area contributed by atoms with Crippen LogP contribution in [0.3, 0.4) is 0 Å². The van der Waals surface area contributed by atoms with Crippen LogP contribution in [-0.2, 0) is 13.1 Å². The number of benzene rings is 2. The van der Waals surface area contributed by atoms with E-state index in [1.54, 1.807) is 41.7 Å². The molecular weight excluding hydrogens is 408 g/mol. The molecule has 3 N–H and O–H groups in total. The summed E-state index contributed by atoms with van der Waals surface area (Å²) in [5, 5.41) is 4.60. The van der Waals surface area contributed by atoms with E-state index in [1.165, 1.54) is 6.33 Å². The number of amides is 1. The second-order valence-electron chi connectivity index (χ2n) is 6.20. The lowest BCUT2D eigenvalue weighted by molar-refractivity contribution is 0.0951. The number of carbonyl (C=O) groups is 1. The number of ether oxygens (including phenoxy) is 1. The third kappa shape index (κ3) is 4.37. The molecule has 0 bridgehead atoms. The molecule has 0 saturated carbocycles. The Hall–Kier alpha value is -3.00. The van der Waals surface area contributed by atoms with Crippen molar-refractivity contribution in [1.29, 1.82) is 0 Å². The third-order valence-electron chi connectivity index (χ3n) is 4.24. The molecule has 0 aliphatic heterocycles. The minimum atomic E-state index is -0.214. The number of aromatic nitrogens is 2. The molecule has 0 fully saturated rings. The van der Waals surface area contributed by atoms with Gasteiger partial charge in [-0.15, -0.1) is 11.3 Å². The molecule has 2 aromatic carbocycles. The van der Waals surface area contributed by atoms with E-state index in [-0.39, 0.29) is 5.91 Å². The fourth-order valence-corrected chi connectivity index (χ4v) is 4.25. The molecule has 146 valence electrons. The molecular formula is C21H17ClN4O2S. The summed E-state index contributed by atoms with van der Waals surface area (Å²) in [5.74, 6) is 0.656. The van der Waals surface area contributed by atoms with Crippen LogP contribution in [0.4, 0.5) is 0 Å². The predicted molar refractivity (Wildman–Crippen MR) is 114 cm³/mol. The maximum atomic E-state index is 12.6. The lowest BCUT2D eigenvalue weighted by Crippen LogP contribution is -2.22. The summed E-state index contributed by atoms with van der Waals surface area (Å²) in [6, 6.07) is 16.5. The summed E-state index contributed by atoms with van der Waals surface area (Å²) in [7, 11) is 0. The van der Waals surface area contributed by atoms with Gasteiger partial charge in [0.15, 0.2) is 0 Å². The van der Waals surface area contributed by atoms with E-state index in [4.69, 9.17) is 22.1 Å². The molecule has 0 aliphatic rings. The first-order chi connectivity index (χ1) is 14.1. The topological polar surface area (TPSA) is 90.1 Å². The highest BCUT2D eigenvalue weighted by atomic mass is 35.5. The van der Waals surface area contributed by atoms with Crippen LogP contribution >= 0.6 is 22.9 Å². The molecule has 2 heterocycles. The van der Waals surface area contributed by atoms with Crippen molar-refractivity contribution < 1.29 is 9.53 Å². The van der Waals surface area contributed by atoms with Crippen molar-refractivity contribution in [2.75, 3.05) is 0 Å². The number of hydrogen-bond donors (Lipinski definition) is 2. The first-order valence-electron chi connectivity index (χ1n) is 8.87. The first-order valence-corrected chi connectivity index (χ1v) is 10.1. The lowest BCUT2D eigenvalue weighted by atomic mass is 10.2. The van der Waals surface area contributed by atoms with E-state index in [2.05, 4.69) is 15.3 Å². The van der Waals surface area contributed by atoms with Crippen LogP contribution in [0.1, 0.15) is 20.9 Å². The Labute approximate surface area is 176 Å². The van der Waals surface area contributed by atoms with Crippen LogP contribution < -0.4 is 15.8 Å². The number of fused-ring (bicyclic) bond motifs is 1. The number of carbonyl (C=O) groups excluding carboxylic acids is 1. The Morgan fingerprint density at radius 3 is 2.83 bits per heavy atom. The Kier molecular flexibility index (Phi) is 5.71. The van der Waals surface area contributed by atoms with Gasteiger partial charge in [0.05, 0.1) is 17.3 Å². The van der Waals surface area contributed by atoms with E-state index >= 15 is 0 Å². The van der Waals surface area contributed by atoms with Crippen LogP contribution in [0, 0.1) is 0 Å². The molecule has 1 amide bonds. The molecule has 6 nitrogen and oxygen atoms in total. The van der Waals surface area contributed by atoms with Gasteiger partial charge in [0.2, 0.25) is 5.88 Å². The van der Waals surface area contributed by atoms with E-state index in [9.17, 15) is 4.79 Å². The number of rotatable bonds is 6. The van der Waals surface area contributed by atoms with Gasteiger partial charge in [-0.2, -0.15) is 0 Å². The van der Waals surface area contributed by atoms with Crippen molar-refractivity contribution in [2.24, 2.45) is 5.73 Å². The zero-order valence-corrected chi connectivity index (χ0v) is 16.8. The summed E-state index contributed by atoms with van der Waals surface area (Å²) in [6.07, 6.45) is 1.39. The molecule has 0 saturated heterocycles. The highest BCUT2D eigenvalue weighted by Gasteiger charge is 2.12. The van der Waals surface area contributed by atoms with Crippen LogP contribution in [0.2, 0.25) is 5.02 Å². The lowest BCUT2D eigenvalue weighted by Gasteiger charge is -2.08. The van der Waals surface area contributed by atoms with E-state index in [1.807, 2.05) is 24.3 Å². The fourth-order valence-electron chi connectivity index (χ4n) is 2.81. The molecule has 4 rings (SSSR count). The Bertz CT molecular complexity index is 1180. The number of nitrogens with one attached hydrogen (secondary N) is 1. The minimum Gasteiger partial charge on any atom is -0.439 e. The summed E-state index contributed by atoms with van der Waals surface area (Å²) in [5.41, 5.74) is 6.74. The monoisotopic (exact) mass is 424 g/mol. The van der Waals surface area contributed by atoms with Crippen molar-refractivity contribution in [3.63, 3.8) is 0 Å². The number of halogens is 1. The average molecular weight is 425 g/mol. The van der Waals surface area contributed by atoms with Gasteiger partial charge in [-0.05, 0) is 24.3 Å². The second kappa shape index (κ2) is 8.57. The molecule has 0 aliphatic carbocycles. The van der Waals surface area contributed by atoms with Gasteiger partial charge in [0, 0.05) is 33.1 Å². The van der Waals surface area contributed by atoms with Gasteiger partial charge < -0.3 is 15.8 Å². The van der Waals surface area contributed by atoms with Gasteiger partial charge in [0.25, 0.3) is 5.91 Å². The van der Waals surface area contributed by atoms with E-state index in [0.717, 1.165) is 15.0 Å². The molecule has 8 heteroatoms. The average Bonchev–Trinajstić information content (AvgIpc) is 3.08. The summed E-state index contributed by atoms with van der Waals surface area (Å²) >= 11 is 8.02. The number of nitrogens with zero attached hydrogens (tertiary/aromatic N) is 2. The maximum Gasteiger partial charge on any atom is 0.251 e. The van der Waals surface area contributed by atoms with Crippen molar-refractivity contribution in [1.82, 2.24) is 15.3 Å². The molecule has 0 atom stereocenters. The van der Waals surface area contributed by atoms with Crippen LogP contribution in [0.15, 0.2) is 60.9 Å². The second-order valence-corrected chi connectivity index (χ2v) is 7.71. The largest absolute Gasteiger partial charge is 0.439 e. The molecule has 0 spiro atoms. The van der Waals surface area contributed by atoms with Crippen molar-refractivity contribution in [3.05, 3.63) is 82.1 Å². The van der Waals surface area contributed by atoms with Gasteiger partial charge in [-0.3, -0.25) is 4.79 Å². The predicted octanol–water partition coefficient (Wildman–Crippen LogP) is 4.53. The zero-order valence-electron chi connectivity index (χ0n) is 15.3. The molecule has 29 heavy (non-hydrogen) atoms. The Morgan fingerprint density at radius 1 is 1.14 bits per heavy atom. The van der Waals surface area contributed by atoms with Crippen LogP contribution in [0.5, 0.6) is 11.6 Å². The number of nitrogens with two attached hydrogens (primary N) is 1. The van der Waals surface area contributed by atoms with Gasteiger partial charge in [-0.25, -0.2) is 9.97 Å². The maximum absolute atomic E-state index is 12.6. The van der Waals surface area contributed by atoms with Gasteiger partial charge >= 0.3 is 0 Å². The third-order valence-corrected chi connectivity index (χ3v) is 5.95. The summed E-state index contributed by atoms with van der Waals surface area (Å²) in [6.45, 7) is 0.648. The highest BCUT2D eigenvalue weighted by Crippen LogP contribution is 2.35. The fraction of sp³-hybridized carbons (Fsp3) is 0.0952. The highest BCUT2D eigenvalue weighted by molar-refractivity contribution is 7.19. The summed E-state index contributed by atoms with van der Waals surface area (Å²) in [4.78, 5) is 21.6. The van der Waals surface area contributed by atoms with Crippen LogP contribution in [-0.4, -0.2) is 15.9 Å². The SMILES string of the molecule is NCc1cc(Oc2cccc(C(=O)NCc3sc4ccccc4c3Cl)c2)ncn1. The first kappa shape index (κ1) is 19.3. The van der Waals surface area contributed by atoms with Crippen molar-refractivity contribution in [3.8, 4) is 11.6 Å². The number of hydrogen-bond acceptors (Lipinski definition) is 6.